The van der Waals surface area contributed by atoms with Gasteiger partial charge in [0.15, 0.2) is 0 Å². The lowest BCUT2D eigenvalue weighted by atomic mass is 10.2. The summed E-state index contributed by atoms with van der Waals surface area (Å²) in [6.07, 6.45) is -0.423. The zero-order chi connectivity index (χ0) is 11.3. The maximum atomic E-state index is 10.7. The highest BCUT2D eigenvalue weighted by molar-refractivity contribution is 6.03. The highest BCUT2D eigenvalue weighted by Gasteiger charge is 2.11. The van der Waals surface area contributed by atoms with Crippen LogP contribution in [0.15, 0.2) is 29.4 Å². The van der Waals surface area contributed by atoms with Gasteiger partial charge in [0.25, 0.3) is 0 Å². The standard InChI is InChI=1S/C9H11N3O3/c10-5-7-1-3-8(4-2-7)12(6-11-15)9(13)14/h1-4,6,15H,5,10H2,(H,13,14). The van der Waals surface area contributed by atoms with Crippen molar-refractivity contribution in [1.29, 1.82) is 0 Å². The first kappa shape index (κ1) is 11.0. The van der Waals surface area contributed by atoms with Crippen LogP contribution in [-0.4, -0.2) is 22.7 Å². The summed E-state index contributed by atoms with van der Waals surface area (Å²) in [6.45, 7) is 0.390. The molecule has 0 aromatic heterocycles. The molecular weight excluding hydrogens is 198 g/mol. The fraction of sp³-hybridized carbons (Fsp3) is 0.111. The minimum Gasteiger partial charge on any atom is -0.464 e. The Bertz CT molecular complexity index is 361. The minimum atomic E-state index is -1.23. The van der Waals surface area contributed by atoms with E-state index in [1.54, 1.807) is 24.3 Å². The van der Waals surface area contributed by atoms with E-state index in [1.165, 1.54) is 0 Å². The summed E-state index contributed by atoms with van der Waals surface area (Å²) in [5.41, 5.74) is 6.68. The van der Waals surface area contributed by atoms with Crippen molar-refractivity contribution >= 4 is 18.1 Å². The third kappa shape index (κ3) is 2.68. The van der Waals surface area contributed by atoms with Crippen LogP contribution in [-0.2, 0) is 6.54 Å². The first-order valence-electron chi connectivity index (χ1n) is 4.17. The number of oxime groups is 1. The Hall–Kier alpha value is -2.08. The predicted octanol–water partition coefficient (Wildman–Crippen LogP) is 1.05. The van der Waals surface area contributed by atoms with Crippen molar-refractivity contribution in [2.75, 3.05) is 4.90 Å². The van der Waals surface area contributed by atoms with Crippen LogP contribution in [0.25, 0.3) is 0 Å². The SMILES string of the molecule is NCc1ccc(N(C=NO)C(=O)O)cc1. The molecule has 0 atom stereocenters. The van der Waals surface area contributed by atoms with Gasteiger partial charge in [0.1, 0.15) is 6.34 Å². The zero-order valence-corrected chi connectivity index (χ0v) is 7.87. The first-order valence-corrected chi connectivity index (χ1v) is 4.17. The van der Waals surface area contributed by atoms with Gasteiger partial charge >= 0.3 is 6.09 Å². The van der Waals surface area contributed by atoms with Crippen LogP contribution >= 0.6 is 0 Å². The van der Waals surface area contributed by atoms with Crippen molar-refractivity contribution in [3.8, 4) is 0 Å². The molecule has 6 heteroatoms. The lowest BCUT2D eigenvalue weighted by Gasteiger charge is -2.12. The molecule has 0 fully saturated rings. The van der Waals surface area contributed by atoms with E-state index in [-0.39, 0.29) is 0 Å². The maximum absolute atomic E-state index is 10.7. The van der Waals surface area contributed by atoms with E-state index in [2.05, 4.69) is 5.16 Å². The van der Waals surface area contributed by atoms with Gasteiger partial charge in [-0.15, -0.1) is 0 Å². The van der Waals surface area contributed by atoms with Gasteiger partial charge in [-0.3, -0.25) is 0 Å². The molecule has 0 radical (unpaired) electrons. The average Bonchev–Trinajstić information content (AvgIpc) is 2.26. The molecule has 0 saturated heterocycles. The van der Waals surface area contributed by atoms with Crippen LogP contribution in [0.2, 0.25) is 0 Å². The maximum Gasteiger partial charge on any atom is 0.417 e. The van der Waals surface area contributed by atoms with Gasteiger partial charge in [-0.1, -0.05) is 17.3 Å². The zero-order valence-electron chi connectivity index (χ0n) is 7.87. The molecular formula is C9H11N3O3. The quantitative estimate of drug-likeness (QED) is 0.300. The smallest absolute Gasteiger partial charge is 0.417 e. The third-order valence-corrected chi connectivity index (χ3v) is 1.82. The van der Waals surface area contributed by atoms with E-state index in [1.807, 2.05) is 0 Å². The molecule has 0 heterocycles. The Kier molecular flexibility index (Phi) is 3.64. The molecule has 0 spiro atoms. The number of amides is 1. The number of nitrogens with zero attached hydrogens (tertiary/aromatic N) is 2. The van der Waals surface area contributed by atoms with Crippen LogP contribution < -0.4 is 10.6 Å². The average molecular weight is 209 g/mol. The number of carbonyl (C=O) groups is 1. The molecule has 80 valence electrons. The van der Waals surface area contributed by atoms with Crippen molar-refractivity contribution in [1.82, 2.24) is 0 Å². The minimum absolute atomic E-state index is 0.387. The topological polar surface area (TPSA) is 99.1 Å². The number of hydrogen-bond donors (Lipinski definition) is 3. The van der Waals surface area contributed by atoms with Gasteiger partial charge in [0.05, 0.1) is 5.69 Å². The van der Waals surface area contributed by atoms with E-state index >= 15 is 0 Å². The van der Waals surface area contributed by atoms with Gasteiger partial charge < -0.3 is 16.0 Å². The summed E-state index contributed by atoms with van der Waals surface area (Å²) in [5, 5.41) is 19.7. The monoisotopic (exact) mass is 209 g/mol. The summed E-state index contributed by atoms with van der Waals surface area (Å²) < 4.78 is 0. The summed E-state index contributed by atoms with van der Waals surface area (Å²) in [5.74, 6) is 0. The second-order valence-electron chi connectivity index (χ2n) is 2.75. The summed E-state index contributed by atoms with van der Waals surface area (Å²) in [4.78, 5) is 11.5. The van der Waals surface area contributed by atoms with Crippen LogP contribution in [0.4, 0.5) is 10.5 Å². The Balaban J connectivity index is 2.96. The molecule has 1 amide bonds. The summed E-state index contributed by atoms with van der Waals surface area (Å²) in [7, 11) is 0. The van der Waals surface area contributed by atoms with Crippen molar-refractivity contribution < 1.29 is 15.1 Å². The Morgan fingerprint density at radius 3 is 2.47 bits per heavy atom. The number of anilines is 1. The molecule has 0 aliphatic carbocycles. The van der Waals surface area contributed by atoms with E-state index in [0.29, 0.717) is 12.2 Å². The molecule has 0 unspecified atom stereocenters. The van der Waals surface area contributed by atoms with E-state index in [4.69, 9.17) is 16.0 Å². The largest absolute Gasteiger partial charge is 0.464 e. The highest BCUT2D eigenvalue weighted by atomic mass is 16.4. The van der Waals surface area contributed by atoms with E-state index < -0.39 is 6.09 Å². The Labute approximate surface area is 86.2 Å². The van der Waals surface area contributed by atoms with E-state index in [9.17, 15) is 4.79 Å². The highest BCUT2D eigenvalue weighted by Crippen LogP contribution is 2.13. The van der Waals surface area contributed by atoms with Gasteiger partial charge in [0, 0.05) is 6.54 Å². The number of benzene rings is 1. The summed E-state index contributed by atoms with van der Waals surface area (Å²) >= 11 is 0. The Morgan fingerprint density at radius 2 is 2.07 bits per heavy atom. The normalized spacial score (nSPS) is 10.5. The molecule has 1 aromatic rings. The molecule has 1 aromatic carbocycles. The van der Waals surface area contributed by atoms with Crippen LogP contribution in [0.1, 0.15) is 5.56 Å². The Morgan fingerprint density at radius 1 is 1.47 bits per heavy atom. The van der Waals surface area contributed by atoms with Gasteiger partial charge in [-0.2, -0.15) is 0 Å². The van der Waals surface area contributed by atoms with Crippen LogP contribution in [0.3, 0.4) is 0 Å². The van der Waals surface area contributed by atoms with E-state index in [0.717, 1.165) is 16.8 Å². The fourth-order valence-corrected chi connectivity index (χ4v) is 1.07. The second-order valence-corrected chi connectivity index (χ2v) is 2.75. The molecule has 6 nitrogen and oxygen atoms in total. The molecule has 0 aliphatic rings. The molecule has 0 bridgehead atoms. The third-order valence-electron chi connectivity index (χ3n) is 1.82. The molecule has 1 rings (SSSR count). The van der Waals surface area contributed by atoms with Crippen molar-refractivity contribution in [2.24, 2.45) is 10.9 Å². The van der Waals surface area contributed by atoms with Gasteiger partial charge in [-0.05, 0) is 17.7 Å². The second kappa shape index (κ2) is 4.97. The first-order chi connectivity index (χ1) is 7.19. The van der Waals surface area contributed by atoms with Crippen LogP contribution in [0, 0.1) is 0 Å². The molecule has 15 heavy (non-hydrogen) atoms. The van der Waals surface area contributed by atoms with Crippen molar-refractivity contribution in [3.05, 3.63) is 29.8 Å². The molecule has 0 saturated carbocycles. The van der Waals surface area contributed by atoms with Crippen molar-refractivity contribution in [3.63, 3.8) is 0 Å². The molecule has 0 aliphatic heterocycles. The van der Waals surface area contributed by atoms with Crippen LogP contribution in [0.5, 0.6) is 0 Å². The number of rotatable bonds is 3. The predicted molar refractivity (Wildman–Crippen MR) is 55.1 cm³/mol. The lowest BCUT2D eigenvalue weighted by molar-refractivity contribution is 0.205. The van der Waals surface area contributed by atoms with Gasteiger partial charge in [0.2, 0.25) is 0 Å². The number of hydrogen-bond acceptors (Lipinski definition) is 4. The summed E-state index contributed by atoms with van der Waals surface area (Å²) in [6, 6.07) is 6.57. The fourth-order valence-electron chi connectivity index (χ4n) is 1.07. The van der Waals surface area contributed by atoms with Crippen molar-refractivity contribution in [2.45, 2.75) is 6.54 Å². The number of nitrogens with two attached hydrogens (primary N) is 1. The molecule has 4 N–H and O–H groups in total. The number of carboxylic acid groups (broad SMARTS) is 1. The van der Waals surface area contributed by atoms with Gasteiger partial charge in [-0.25, -0.2) is 9.69 Å². The lowest BCUT2D eigenvalue weighted by Crippen LogP contribution is -2.27.